The van der Waals surface area contributed by atoms with Crippen molar-refractivity contribution in [3.63, 3.8) is 0 Å². The number of nitrogens with zero attached hydrogens (tertiary/aromatic N) is 5. The molecule has 0 unspecified atom stereocenters. The average molecular weight is 484 g/mol. The number of ether oxygens (including phenoxy) is 1. The number of rotatable bonds is 8. The lowest BCUT2D eigenvalue weighted by atomic mass is 10.2. The van der Waals surface area contributed by atoms with Crippen molar-refractivity contribution in [3.8, 4) is 0 Å². The van der Waals surface area contributed by atoms with E-state index in [2.05, 4.69) is 15.2 Å². The number of carbonyl (C=O) groups excluding carboxylic acids is 2. The Hall–Kier alpha value is -2.82. The van der Waals surface area contributed by atoms with Gasteiger partial charge in [-0.05, 0) is 24.1 Å². The monoisotopic (exact) mass is 483 g/mol. The predicted octanol–water partition coefficient (Wildman–Crippen LogP) is 2.79. The van der Waals surface area contributed by atoms with Gasteiger partial charge in [0.25, 0.3) is 0 Å². The maximum absolute atomic E-state index is 13.1. The van der Waals surface area contributed by atoms with Crippen LogP contribution >= 0.6 is 23.1 Å². The molecule has 1 aliphatic rings. The van der Waals surface area contributed by atoms with Gasteiger partial charge in [-0.3, -0.25) is 14.6 Å². The van der Waals surface area contributed by atoms with Crippen molar-refractivity contribution in [3.05, 3.63) is 71.0 Å². The molecule has 0 saturated carbocycles. The fraction of sp³-hybridized carbons (Fsp3) is 0.348. The summed E-state index contributed by atoms with van der Waals surface area (Å²) in [5.74, 6) is -0.0110. The molecule has 10 heteroatoms. The summed E-state index contributed by atoms with van der Waals surface area (Å²) >= 11 is 2.80. The minimum Gasteiger partial charge on any atom is -0.370 e. The first-order valence-corrected chi connectivity index (χ1v) is 12.4. The molecule has 0 N–H and O–H groups in total. The van der Waals surface area contributed by atoms with Crippen LogP contribution in [0.5, 0.6) is 0 Å². The van der Waals surface area contributed by atoms with E-state index < -0.39 is 0 Å². The number of aryl methyl sites for hydroxylation is 1. The molecule has 172 valence electrons. The SMILES string of the molecule is Cc1nnc(SCC(=O)N2CC(=O)N(Cc3cccnc3)C[C@H](OCc3ccccc3)C2)s1. The van der Waals surface area contributed by atoms with E-state index >= 15 is 0 Å². The second-order valence-electron chi connectivity index (χ2n) is 7.70. The van der Waals surface area contributed by atoms with Gasteiger partial charge < -0.3 is 14.5 Å². The number of hydrogen-bond donors (Lipinski definition) is 0. The van der Waals surface area contributed by atoms with Gasteiger partial charge in [0, 0.05) is 32.0 Å². The first kappa shape index (κ1) is 23.3. The molecule has 4 rings (SSSR count). The summed E-state index contributed by atoms with van der Waals surface area (Å²) in [4.78, 5) is 33.5. The van der Waals surface area contributed by atoms with Crippen molar-refractivity contribution in [2.24, 2.45) is 0 Å². The Morgan fingerprint density at radius 3 is 2.70 bits per heavy atom. The molecule has 0 radical (unpaired) electrons. The maximum atomic E-state index is 13.1. The topological polar surface area (TPSA) is 88.5 Å². The minimum absolute atomic E-state index is 0.0278. The second kappa shape index (κ2) is 11.4. The molecule has 0 aliphatic carbocycles. The number of thioether (sulfide) groups is 1. The summed E-state index contributed by atoms with van der Waals surface area (Å²) < 4.78 is 6.93. The van der Waals surface area contributed by atoms with Crippen LogP contribution in [0.4, 0.5) is 0 Å². The molecule has 2 amide bonds. The van der Waals surface area contributed by atoms with Crippen LogP contribution in [0.2, 0.25) is 0 Å². The van der Waals surface area contributed by atoms with E-state index in [0.29, 0.717) is 26.2 Å². The number of aromatic nitrogens is 3. The fourth-order valence-electron chi connectivity index (χ4n) is 3.48. The predicted molar refractivity (Wildman–Crippen MR) is 127 cm³/mol. The zero-order chi connectivity index (χ0) is 23.0. The number of hydrogen-bond acceptors (Lipinski definition) is 8. The number of amides is 2. The standard InChI is InChI=1S/C23H25N5O3S2/c1-17-25-26-23(33-17)32-16-22(30)28-13-20(31-15-18-6-3-2-4-7-18)12-27(21(29)14-28)11-19-8-5-9-24-10-19/h2-10,20H,11-16H2,1H3/t20-/m0/s1. The third-order valence-corrected chi connectivity index (χ3v) is 7.09. The highest BCUT2D eigenvalue weighted by Crippen LogP contribution is 2.23. The molecule has 2 aromatic heterocycles. The Morgan fingerprint density at radius 2 is 1.97 bits per heavy atom. The lowest BCUT2D eigenvalue weighted by molar-refractivity contribution is -0.137. The van der Waals surface area contributed by atoms with Crippen molar-refractivity contribution in [1.82, 2.24) is 25.0 Å². The molecule has 1 fully saturated rings. The second-order valence-corrected chi connectivity index (χ2v) is 10.1. The van der Waals surface area contributed by atoms with Crippen LogP contribution in [-0.4, -0.2) is 68.3 Å². The van der Waals surface area contributed by atoms with Gasteiger partial charge in [0.1, 0.15) is 5.01 Å². The van der Waals surface area contributed by atoms with E-state index in [1.165, 1.54) is 23.1 Å². The molecular weight excluding hydrogens is 458 g/mol. The van der Waals surface area contributed by atoms with Gasteiger partial charge >= 0.3 is 0 Å². The lowest BCUT2D eigenvalue weighted by Crippen LogP contribution is -2.40. The van der Waals surface area contributed by atoms with Gasteiger partial charge in [0.2, 0.25) is 11.8 Å². The Morgan fingerprint density at radius 1 is 1.15 bits per heavy atom. The van der Waals surface area contributed by atoms with E-state index in [4.69, 9.17) is 4.74 Å². The molecule has 8 nitrogen and oxygen atoms in total. The van der Waals surface area contributed by atoms with Gasteiger partial charge in [0.05, 0.1) is 25.0 Å². The first-order valence-electron chi connectivity index (χ1n) is 10.6. The van der Waals surface area contributed by atoms with E-state index in [-0.39, 0.29) is 30.2 Å². The van der Waals surface area contributed by atoms with Crippen LogP contribution in [0.1, 0.15) is 16.1 Å². The summed E-state index contributed by atoms with van der Waals surface area (Å²) in [5.41, 5.74) is 1.99. The molecule has 3 heterocycles. The van der Waals surface area contributed by atoms with E-state index in [1.54, 1.807) is 22.2 Å². The van der Waals surface area contributed by atoms with E-state index in [1.807, 2.05) is 49.4 Å². The molecule has 0 spiro atoms. The highest BCUT2D eigenvalue weighted by atomic mass is 32.2. The number of benzene rings is 1. The summed E-state index contributed by atoms with van der Waals surface area (Å²) in [6.07, 6.45) is 3.16. The Bertz CT molecular complexity index is 1060. The normalized spacial score (nSPS) is 16.6. The van der Waals surface area contributed by atoms with Crippen molar-refractivity contribution in [2.75, 3.05) is 25.4 Å². The first-order chi connectivity index (χ1) is 16.1. The Balaban J connectivity index is 1.44. The molecule has 33 heavy (non-hydrogen) atoms. The average Bonchev–Trinajstić information content (AvgIpc) is 3.19. The molecule has 3 aromatic rings. The number of carbonyl (C=O) groups is 2. The largest absolute Gasteiger partial charge is 0.370 e. The number of pyridine rings is 1. The van der Waals surface area contributed by atoms with Gasteiger partial charge in [-0.1, -0.05) is 59.5 Å². The molecule has 0 bridgehead atoms. The Kier molecular flexibility index (Phi) is 8.03. The molecular formula is C23H25N5O3S2. The quantitative estimate of drug-likeness (QED) is 0.455. The van der Waals surface area contributed by atoms with Crippen LogP contribution in [0.15, 0.2) is 59.2 Å². The van der Waals surface area contributed by atoms with Crippen molar-refractivity contribution >= 4 is 34.9 Å². The summed E-state index contributed by atoms with van der Waals surface area (Å²) in [6, 6.07) is 13.7. The third kappa shape index (κ3) is 6.83. The van der Waals surface area contributed by atoms with Crippen LogP contribution in [0.25, 0.3) is 0 Å². The van der Waals surface area contributed by atoms with Crippen LogP contribution < -0.4 is 0 Å². The highest BCUT2D eigenvalue weighted by molar-refractivity contribution is 8.01. The summed E-state index contributed by atoms with van der Waals surface area (Å²) in [6.45, 7) is 3.52. The van der Waals surface area contributed by atoms with Gasteiger partial charge in [-0.2, -0.15) is 0 Å². The van der Waals surface area contributed by atoms with Gasteiger partial charge in [-0.25, -0.2) is 0 Å². The van der Waals surface area contributed by atoms with Crippen molar-refractivity contribution in [1.29, 1.82) is 0 Å². The molecule has 1 aromatic carbocycles. The fourth-order valence-corrected chi connectivity index (χ4v) is 5.20. The van der Waals surface area contributed by atoms with Crippen LogP contribution in [-0.2, 0) is 27.5 Å². The zero-order valence-electron chi connectivity index (χ0n) is 18.3. The Labute approximate surface area is 201 Å². The van der Waals surface area contributed by atoms with Gasteiger partial charge in [0.15, 0.2) is 4.34 Å². The minimum atomic E-state index is -0.300. The van der Waals surface area contributed by atoms with E-state index in [0.717, 1.165) is 20.5 Å². The van der Waals surface area contributed by atoms with Crippen molar-refractivity contribution in [2.45, 2.75) is 30.5 Å². The van der Waals surface area contributed by atoms with Gasteiger partial charge in [-0.15, -0.1) is 10.2 Å². The molecule has 1 saturated heterocycles. The smallest absolute Gasteiger partial charge is 0.242 e. The zero-order valence-corrected chi connectivity index (χ0v) is 19.9. The lowest BCUT2D eigenvalue weighted by Gasteiger charge is -2.25. The summed E-state index contributed by atoms with van der Waals surface area (Å²) in [5, 5.41) is 8.90. The summed E-state index contributed by atoms with van der Waals surface area (Å²) in [7, 11) is 0. The third-order valence-electron chi connectivity index (χ3n) is 5.13. The molecule has 1 atom stereocenters. The molecule has 1 aliphatic heterocycles. The van der Waals surface area contributed by atoms with E-state index in [9.17, 15) is 9.59 Å². The van der Waals surface area contributed by atoms with Crippen LogP contribution in [0, 0.1) is 6.92 Å². The highest BCUT2D eigenvalue weighted by Gasteiger charge is 2.31. The van der Waals surface area contributed by atoms with Crippen molar-refractivity contribution < 1.29 is 14.3 Å². The van der Waals surface area contributed by atoms with Crippen LogP contribution in [0.3, 0.4) is 0 Å². The maximum Gasteiger partial charge on any atom is 0.242 e.